The lowest BCUT2D eigenvalue weighted by Crippen LogP contribution is -2.24. The van der Waals surface area contributed by atoms with Crippen molar-refractivity contribution in [3.8, 4) is 0 Å². The van der Waals surface area contributed by atoms with Gasteiger partial charge in [0.25, 0.3) is 0 Å². The monoisotopic (exact) mass is 245 g/mol. The fourth-order valence-electron chi connectivity index (χ4n) is 2.01. The fraction of sp³-hybridized carbons (Fsp3) is 0.462. The second-order valence-electron chi connectivity index (χ2n) is 4.41. The van der Waals surface area contributed by atoms with Gasteiger partial charge in [0.1, 0.15) is 12.2 Å². The van der Waals surface area contributed by atoms with Gasteiger partial charge in [0.2, 0.25) is 0 Å². The Bertz CT molecular complexity index is 506. The Hall–Kier alpha value is -1.75. The molecule has 2 heterocycles. The molecule has 5 nitrogen and oxygen atoms in total. The zero-order valence-electron chi connectivity index (χ0n) is 11.1. The van der Waals surface area contributed by atoms with Gasteiger partial charge in [-0.3, -0.25) is 9.67 Å². The first kappa shape index (κ1) is 12.7. The number of aryl methyl sites for hydroxylation is 2. The van der Waals surface area contributed by atoms with Gasteiger partial charge in [0.05, 0.1) is 0 Å². The highest BCUT2D eigenvalue weighted by atomic mass is 15.3. The molecule has 0 saturated carbocycles. The first-order valence-corrected chi connectivity index (χ1v) is 6.18. The molecule has 96 valence electrons. The number of aromatic nitrogens is 4. The summed E-state index contributed by atoms with van der Waals surface area (Å²) < 4.78 is 1.81. The normalized spacial score (nSPS) is 12.6. The van der Waals surface area contributed by atoms with E-state index in [2.05, 4.69) is 40.3 Å². The Kier molecular flexibility index (Phi) is 4.04. The lowest BCUT2D eigenvalue weighted by molar-refractivity contribution is 0.520. The number of likely N-dealkylation sites (N-methyl/N-ethyl adjacent to an activating group) is 1. The topological polar surface area (TPSA) is 55.6 Å². The van der Waals surface area contributed by atoms with E-state index < -0.39 is 0 Å². The van der Waals surface area contributed by atoms with Crippen LogP contribution in [0.25, 0.3) is 0 Å². The predicted molar refractivity (Wildman–Crippen MR) is 70.1 cm³/mol. The Labute approximate surface area is 107 Å². The summed E-state index contributed by atoms with van der Waals surface area (Å²) in [5, 5.41) is 7.57. The van der Waals surface area contributed by atoms with Crippen molar-refractivity contribution < 1.29 is 0 Å². The summed E-state index contributed by atoms with van der Waals surface area (Å²) >= 11 is 0. The average molecular weight is 245 g/mol. The lowest BCUT2D eigenvalue weighted by atomic mass is 10.0. The summed E-state index contributed by atoms with van der Waals surface area (Å²) in [5.41, 5.74) is 2.37. The first-order chi connectivity index (χ1) is 8.70. The van der Waals surface area contributed by atoms with Gasteiger partial charge in [0, 0.05) is 31.9 Å². The van der Waals surface area contributed by atoms with E-state index in [0.29, 0.717) is 0 Å². The maximum absolute atomic E-state index is 4.28. The van der Waals surface area contributed by atoms with Crippen LogP contribution < -0.4 is 5.32 Å². The maximum atomic E-state index is 4.28. The zero-order valence-corrected chi connectivity index (χ0v) is 11.1. The number of hydrogen-bond donors (Lipinski definition) is 1. The highest BCUT2D eigenvalue weighted by Gasteiger charge is 2.14. The summed E-state index contributed by atoms with van der Waals surface area (Å²) in [5.74, 6) is 0.974. The molecule has 5 heteroatoms. The number of hydrogen-bond acceptors (Lipinski definition) is 4. The van der Waals surface area contributed by atoms with Crippen LogP contribution in [0.5, 0.6) is 0 Å². The highest BCUT2D eigenvalue weighted by Crippen LogP contribution is 2.17. The van der Waals surface area contributed by atoms with E-state index in [-0.39, 0.29) is 6.04 Å². The molecule has 0 aromatic carbocycles. The predicted octanol–water partition coefficient (Wildman–Crippen LogP) is 1.41. The van der Waals surface area contributed by atoms with Crippen molar-refractivity contribution in [3.63, 3.8) is 0 Å². The van der Waals surface area contributed by atoms with Gasteiger partial charge < -0.3 is 5.32 Å². The van der Waals surface area contributed by atoms with Crippen LogP contribution >= 0.6 is 0 Å². The molecule has 18 heavy (non-hydrogen) atoms. The molecule has 0 spiro atoms. The van der Waals surface area contributed by atoms with Gasteiger partial charge >= 0.3 is 0 Å². The smallest absolute Gasteiger partial charge is 0.138 e. The van der Waals surface area contributed by atoms with Crippen LogP contribution in [0.2, 0.25) is 0 Å². The second-order valence-corrected chi connectivity index (χ2v) is 4.41. The number of rotatable bonds is 5. The third-order valence-corrected chi connectivity index (χ3v) is 2.94. The Morgan fingerprint density at radius 2 is 2.22 bits per heavy atom. The van der Waals surface area contributed by atoms with E-state index in [1.807, 2.05) is 24.1 Å². The van der Waals surface area contributed by atoms with Gasteiger partial charge in [-0.1, -0.05) is 13.0 Å². The molecular weight excluding hydrogens is 226 g/mol. The van der Waals surface area contributed by atoms with Crippen LogP contribution in [0.3, 0.4) is 0 Å². The van der Waals surface area contributed by atoms with E-state index in [9.17, 15) is 0 Å². The average Bonchev–Trinajstić information content (AvgIpc) is 2.74. The molecule has 2 aromatic rings. The number of nitrogens with one attached hydrogen (secondary N) is 1. The van der Waals surface area contributed by atoms with Crippen molar-refractivity contribution in [3.05, 3.63) is 41.7 Å². The van der Waals surface area contributed by atoms with Gasteiger partial charge in [-0.25, -0.2) is 4.98 Å². The molecule has 1 atom stereocenters. The molecule has 2 rings (SSSR count). The molecule has 0 radical (unpaired) electrons. The maximum Gasteiger partial charge on any atom is 0.138 e. The minimum Gasteiger partial charge on any atom is -0.310 e. The standard InChI is InChI=1S/C13H19N5/c1-4-15-12(6-13-16-9-17-18(13)3)11-5-10(2)7-14-8-11/h5,7-9,12,15H,4,6H2,1-3H3. The van der Waals surface area contributed by atoms with E-state index >= 15 is 0 Å². The Morgan fingerprint density at radius 1 is 1.39 bits per heavy atom. The molecule has 0 fully saturated rings. The molecule has 1 unspecified atom stereocenters. The van der Waals surface area contributed by atoms with Crippen LogP contribution in [0.4, 0.5) is 0 Å². The molecule has 0 aliphatic rings. The number of pyridine rings is 1. The molecular formula is C13H19N5. The van der Waals surface area contributed by atoms with Crippen LogP contribution in [0.1, 0.15) is 29.9 Å². The molecule has 0 aliphatic carbocycles. The molecule has 1 N–H and O–H groups in total. The molecule has 2 aromatic heterocycles. The van der Waals surface area contributed by atoms with Gasteiger partial charge in [-0.15, -0.1) is 0 Å². The van der Waals surface area contributed by atoms with E-state index in [0.717, 1.165) is 18.8 Å². The quantitative estimate of drug-likeness (QED) is 0.865. The van der Waals surface area contributed by atoms with Crippen LogP contribution in [-0.4, -0.2) is 26.3 Å². The van der Waals surface area contributed by atoms with E-state index in [1.165, 1.54) is 11.1 Å². The molecule has 0 saturated heterocycles. The summed E-state index contributed by atoms with van der Waals surface area (Å²) in [6.45, 7) is 5.07. The van der Waals surface area contributed by atoms with Crippen LogP contribution in [-0.2, 0) is 13.5 Å². The first-order valence-electron chi connectivity index (χ1n) is 6.18. The van der Waals surface area contributed by atoms with Crippen molar-refractivity contribution in [1.29, 1.82) is 0 Å². The Morgan fingerprint density at radius 3 is 2.83 bits per heavy atom. The lowest BCUT2D eigenvalue weighted by Gasteiger charge is -2.17. The van der Waals surface area contributed by atoms with E-state index in [1.54, 1.807) is 6.33 Å². The summed E-state index contributed by atoms with van der Waals surface area (Å²) in [6, 6.07) is 2.39. The van der Waals surface area contributed by atoms with E-state index in [4.69, 9.17) is 0 Å². The summed E-state index contributed by atoms with van der Waals surface area (Å²) in [7, 11) is 1.92. The van der Waals surface area contributed by atoms with Crippen molar-refractivity contribution in [2.24, 2.45) is 7.05 Å². The van der Waals surface area contributed by atoms with Crippen LogP contribution in [0, 0.1) is 6.92 Å². The third-order valence-electron chi connectivity index (χ3n) is 2.94. The summed E-state index contributed by atoms with van der Waals surface area (Å²) in [4.78, 5) is 8.53. The molecule has 0 aliphatic heterocycles. The zero-order chi connectivity index (χ0) is 13.0. The van der Waals surface area contributed by atoms with Crippen LogP contribution in [0.15, 0.2) is 24.8 Å². The summed E-state index contributed by atoms with van der Waals surface area (Å²) in [6.07, 6.45) is 6.19. The molecule has 0 amide bonds. The van der Waals surface area contributed by atoms with Gasteiger partial charge in [-0.2, -0.15) is 5.10 Å². The van der Waals surface area contributed by atoms with Crippen molar-refractivity contribution in [2.45, 2.75) is 26.3 Å². The van der Waals surface area contributed by atoms with Gasteiger partial charge in [-0.05, 0) is 24.6 Å². The van der Waals surface area contributed by atoms with Crippen molar-refractivity contribution in [1.82, 2.24) is 25.1 Å². The minimum atomic E-state index is 0.227. The third kappa shape index (κ3) is 2.92. The second kappa shape index (κ2) is 5.73. The van der Waals surface area contributed by atoms with Gasteiger partial charge in [0.15, 0.2) is 0 Å². The largest absolute Gasteiger partial charge is 0.310 e. The van der Waals surface area contributed by atoms with Crippen molar-refractivity contribution in [2.75, 3.05) is 6.54 Å². The van der Waals surface area contributed by atoms with Crippen molar-refractivity contribution >= 4 is 0 Å². The SMILES string of the molecule is CCNC(Cc1ncnn1C)c1cncc(C)c1. The highest BCUT2D eigenvalue weighted by molar-refractivity contribution is 5.21. The number of nitrogens with zero attached hydrogens (tertiary/aromatic N) is 4. The Balaban J connectivity index is 2.20. The minimum absolute atomic E-state index is 0.227. The molecule has 0 bridgehead atoms. The fourth-order valence-corrected chi connectivity index (χ4v) is 2.01.